The molecule has 0 aliphatic rings. The van der Waals surface area contributed by atoms with Gasteiger partial charge in [-0.3, -0.25) is 24.5 Å². The van der Waals surface area contributed by atoms with E-state index in [1.165, 1.54) is 0 Å². The summed E-state index contributed by atoms with van der Waals surface area (Å²) in [7, 11) is 7.33. The van der Waals surface area contributed by atoms with Crippen LogP contribution in [0.3, 0.4) is 0 Å². The Balaban J connectivity index is 1.70. The molecule has 0 aliphatic heterocycles. The molecule has 0 spiro atoms. The molecule has 0 aliphatic carbocycles. The van der Waals surface area contributed by atoms with E-state index in [0.29, 0.717) is 51.4 Å². The summed E-state index contributed by atoms with van der Waals surface area (Å²) in [6.07, 6.45) is 4.60. The Labute approximate surface area is 225 Å². The fraction of sp³-hybridized carbons (Fsp3) is 0.400. The maximum Gasteiger partial charge on any atom is 0.274 e. The Bertz CT molecular complexity index is 1320. The molecule has 0 saturated carbocycles. The summed E-state index contributed by atoms with van der Waals surface area (Å²) in [5, 5.41) is 11.3. The van der Waals surface area contributed by atoms with Crippen LogP contribution in [0.15, 0.2) is 24.5 Å². The number of aryl methyl sites for hydroxylation is 2. The number of hydrogen-bond donors (Lipinski definition) is 4. The van der Waals surface area contributed by atoms with Crippen LogP contribution in [0, 0.1) is 0 Å². The molecule has 3 aromatic heterocycles. The van der Waals surface area contributed by atoms with E-state index in [0.717, 1.165) is 24.3 Å². The highest BCUT2D eigenvalue weighted by Crippen LogP contribution is 2.29. The minimum Gasteiger partial charge on any atom is -0.351 e. The lowest BCUT2D eigenvalue weighted by Crippen LogP contribution is -2.27. The molecule has 0 atom stereocenters. The fourth-order valence-electron chi connectivity index (χ4n) is 3.77. The molecule has 4 N–H and O–H groups in total. The normalized spacial score (nSPS) is 11.1. The summed E-state index contributed by atoms with van der Waals surface area (Å²) in [6.45, 7) is 5.30. The number of carbonyl (C=O) groups is 4. The Morgan fingerprint density at radius 1 is 1.00 bits per heavy atom. The molecule has 13 heteroatoms. The molecule has 3 rings (SSSR count). The first-order chi connectivity index (χ1) is 18.0. The van der Waals surface area contributed by atoms with Crippen LogP contribution in [0.2, 0.25) is 0 Å². The molecule has 0 fully saturated rings. The van der Waals surface area contributed by atoms with Crippen LogP contribution in [0.1, 0.15) is 62.5 Å². The first kappa shape index (κ1) is 28.6. The molecule has 12 nitrogen and oxygen atoms in total. The highest BCUT2D eigenvalue weighted by Gasteiger charge is 2.23. The van der Waals surface area contributed by atoms with Crippen LogP contribution in [-0.4, -0.2) is 70.3 Å². The molecular weight excluding hydrogens is 508 g/mol. The summed E-state index contributed by atoms with van der Waals surface area (Å²) in [5.74, 6) is -1.03. The summed E-state index contributed by atoms with van der Waals surface area (Å²) in [5.41, 5.74) is 2.17. The molecule has 0 aromatic carbocycles. The van der Waals surface area contributed by atoms with E-state index >= 15 is 0 Å². The van der Waals surface area contributed by atoms with Gasteiger partial charge in [0.05, 0.1) is 17.1 Å². The Hall–Kier alpha value is -3.97. The quantitative estimate of drug-likeness (QED) is 0.205. The lowest BCUT2D eigenvalue weighted by molar-refractivity contribution is -0.105. The standard InChI is InChI=1S/C25H34N8O4S/c1-15(2)20-21(24(37)26-8-7-9-31(3)4)38-25(29-20)30-23(36)19-11-17(13-33(19)6)28-22(35)18-10-16(27-14-34)12-32(18)5/h10-15H,7-9H2,1-6H3,(H,26,37)(H,27,34)(H,28,35)(H,29,30,36). The number of rotatable bonds is 12. The van der Waals surface area contributed by atoms with E-state index in [2.05, 4.69) is 31.2 Å². The van der Waals surface area contributed by atoms with Gasteiger partial charge >= 0.3 is 0 Å². The zero-order chi connectivity index (χ0) is 28.0. The minimum absolute atomic E-state index is 0.00367. The molecule has 0 unspecified atom stereocenters. The minimum atomic E-state index is -0.425. The Morgan fingerprint density at radius 2 is 1.61 bits per heavy atom. The van der Waals surface area contributed by atoms with Crippen molar-refractivity contribution in [1.29, 1.82) is 0 Å². The lowest BCUT2D eigenvalue weighted by Gasteiger charge is -2.10. The second-order valence-electron chi connectivity index (χ2n) is 9.42. The van der Waals surface area contributed by atoms with E-state index in [9.17, 15) is 19.2 Å². The van der Waals surface area contributed by atoms with E-state index in [4.69, 9.17) is 0 Å². The third-order valence-corrected chi connectivity index (χ3v) is 6.64. The maximum atomic E-state index is 13.0. The number of amides is 4. The molecule has 0 saturated heterocycles. The van der Waals surface area contributed by atoms with Gasteiger partial charge in [0.25, 0.3) is 17.7 Å². The monoisotopic (exact) mass is 542 g/mol. The number of nitrogens with zero attached hydrogens (tertiary/aromatic N) is 4. The molecule has 38 heavy (non-hydrogen) atoms. The summed E-state index contributed by atoms with van der Waals surface area (Å²) in [4.78, 5) is 56.3. The predicted octanol–water partition coefficient (Wildman–Crippen LogP) is 2.70. The van der Waals surface area contributed by atoms with Crippen molar-refractivity contribution < 1.29 is 19.2 Å². The number of aromatic nitrogens is 3. The highest BCUT2D eigenvalue weighted by atomic mass is 32.1. The van der Waals surface area contributed by atoms with E-state index < -0.39 is 11.8 Å². The van der Waals surface area contributed by atoms with Crippen molar-refractivity contribution in [2.24, 2.45) is 14.1 Å². The topological polar surface area (TPSA) is 142 Å². The number of thiazole rings is 1. The largest absolute Gasteiger partial charge is 0.351 e. The van der Waals surface area contributed by atoms with Crippen molar-refractivity contribution in [1.82, 2.24) is 24.3 Å². The van der Waals surface area contributed by atoms with Gasteiger partial charge in [0.2, 0.25) is 6.41 Å². The lowest BCUT2D eigenvalue weighted by atomic mass is 10.1. The second kappa shape index (κ2) is 12.5. The summed E-state index contributed by atoms with van der Waals surface area (Å²) in [6, 6.07) is 3.10. The van der Waals surface area contributed by atoms with Gasteiger partial charge in [0.15, 0.2) is 5.13 Å². The van der Waals surface area contributed by atoms with Gasteiger partial charge in [-0.2, -0.15) is 0 Å². The van der Waals surface area contributed by atoms with Crippen LogP contribution >= 0.6 is 11.3 Å². The zero-order valence-electron chi connectivity index (χ0n) is 22.4. The van der Waals surface area contributed by atoms with Crippen LogP contribution in [0.25, 0.3) is 0 Å². The van der Waals surface area contributed by atoms with Crippen molar-refractivity contribution in [2.75, 3.05) is 43.1 Å². The van der Waals surface area contributed by atoms with Crippen LogP contribution < -0.4 is 21.3 Å². The summed E-state index contributed by atoms with van der Waals surface area (Å²) >= 11 is 1.13. The molecule has 4 amide bonds. The van der Waals surface area contributed by atoms with E-state index in [-0.39, 0.29) is 11.8 Å². The van der Waals surface area contributed by atoms with Gasteiger partial charge < -0.3 is 30.0 Å². The first-order valence-corrected chi connectivity index (χ1v) is 12.9. The van der Waals surface area contributed by atoms with Gasteiger partial charge in [-0.1, -0.05) is 25.2 Å². The third kappa shape index (κ3) is 7.07. The van der Waals surface area contributed by atoms with Crippen molar-refractivity contribution in [3.05, 3.63) is 46.5 Å². The number of carbonyl (C=O) groups excluding carboxylic acids is 4. The SMILES string of the molecule is CC(C)c1nc(NC(=O)c2cc(NC(=O)c3cc(NC=O)cn3C)cn2C)sc1C(=O)NCCCN(C)C. The van der Waals surface area contributed by atoms with Crippen molar-refractivity contribution in [3.63, 3.8) is 0 Å². The maximum absolute atomic E-state index is 13.0. The average Bonchev–Trinajstić information content (AvgIpc) is 3.53. The predicted molar refractivity (Wildman–Crippen MR) is 148 cm³/mol. The van der Waals surface area contributed by atoms with Crippen molar-refractivity contribution in [2.45, 2.75) is 26.2 Å². The number of hydrogen-bond acceptors (Lipinski definition) is 7. The van der Waals surface area contributed by atoms with E-state index in [1.807, 2.05) is 27.9 Å². The first-order valence-electron chi connectivity index (χ1n) is 12.1. The molecule has 204 valence electrons. The van der Waals surface area contributed by atoms with Gasteiger partial charge in [0, 0.05) is 33.0 Å². The average molecular weight is 543 g/mol. The van der Waals surface area contributed by atoms with E-state index in [1.54, 1.807) is 47.8 Å². The Kier molecular flexibility index (Phi) is 9.42. The van der Waals surface area contributed by atoms with Crippen molar-refractivity contribution >= 4 is 52.0 Å². The highest BCUT2D eigenvalue weighted by molar-refractivity contribution is 7.17. The van der Waals surface area contributed by atoms with Crippen LogP contribution in [0.5, 0.6) is 0 Å². The second-order valence-corrected chi connectivity index (χ2v) is 10.4. The molecule has 3 aromatic rings. The van der Waals surface area contributed by atoms with Crippen molar-refractivity contribution in [3.8, 4) is 0 Å². The Morgan fingerprint density at radius 3 is 2.21 bits per heavy atom. The number of nitrogens with one attached hydrogen (secondary N) is 4. The molecule has 0 bridgehead atoms. The molecule has 0 radical (unpaired) electrons. The van der Waals surface area contributed by atoms with Gasteiger partial charge in [-0.15, -0.1) is 0 Å². The molecular formula is C25H34N8O4S. The smallest absolute Gasteiger partial charge is 0.274 e. The molecule has 3 heterocycles. The third-order valence-electron chi connectivity index (χ3n) is 5.65. The van der Waals surface area contributed by atoms with Crippen LogP contribution in [0.4, 0.5) is 16.5 Å². The van der Waals surface area contributed by atoms with Gasteiger partial charge in [-0.25, -0.2) is 4.98 Å². The van der Waals surface area contributed by atoms with Gasteiger partial charge in [0.1, 0.15) is 16.3 Å². The fourth-order valence-corrected chi connectivity index (χ4v) is 4.80. The zero-order valence-corrected chi connectivity index (χ0v) is 23.2. The number of anilines is 3. The van der Waals surface area contributed by atoms with Gasteiger partial charge in [-0.05, 0) is 45.1 Å². The van der Waals surface area contributed by atoms with Crippen LogP contribution in [-0.2, 0) is 18.9 Å². The summed E-state index contributed by atoms with van der Waals surface area (Å²) < 4.78 is 3.17.